The second-order valence-electron chi connectivity index (χ2n) is 7.85. The van der Waals surface area contributed by atoms with E-state index < -0.39 is 0 Å². The molecule has 22 heavy (non-hydrogen) atoms. The fourth-order valence-electron chi connectivity index (χ4n) is 5.14. The van der Waals surface area contributed by atoms with Crippen LogP contribution in [0, 0.1) is 41.4 Å². The zero-order valence-electron chi connectivity index (χ0n) is 15.0. The van der Waals surface area contributed by atoms with Gasteiger partial charge >= 0.3 is 0 Å². The van der Waals surface area contributed by atoms with Gasteiger partial charge in [0.05, 0.1) is 0 Å². The summed E-state index contributed by atoms with van der Waals surface area (Å²) >= 11 is 4.97. The van der Waals surface area contributed by atoms with Gasteiger partial charge < -0.3 is 0 Å². The molecule has 0 nitrogen and oxygen atoms in total. The fraction of sp³-hybridized carbons (Fsp3) is 0.810. The van der Waals surface area contributed by atoms with Gasteiger partial charge in [-0.2, -0.15) is 12.6 Å². The number of allylic oxidation sites excluding steroid dienone is 3. The normalized spacial score (nSPS) is 42.1. The van der Waals surface area contributed by atoms with Gasteiger partial charge in [-0.15, -0.1) is 6.58 Å². The summed E-state index contributed by atoms with van der Waals surface area (Å²) in [5, 5.41) is 0.493. The Labute approximate surface area is 144 Å². The first-order valence-corrected chi connectivity index (χ1v) is 10.1. The van der Waals surface area contributed by atoms with Gasteiger partial charge in [-0.3, -0.25) is 0 Å². The van der Waals surface area contributed by atoms with Crippen molar-refractivity contribution in [3.05, 3.63) is 24.8 Å². The van der Waals surface area contributed by atoms with Crippen LogP contribution in [0.15, 0.2) is 24.8 Å². The van der Waals surface area contributed by atoms with Gasteiger partial charge in [0.25, 0.3) is 0 Å². The van der Waals surface area contributed by atoms with Crippen LogP contribution in [-0.4, -0.2) is 5.25 Å². The minimum absolute atomic E-state index is 0.493. The number of unbranched alkanes of at least 4 members (excludes halogenated alkanes) is 1. The van der Waals surface area contributed by atoms with Crippen LogP contribution in [-0.2, 0) is 0 Å². The van der Waals surface area contributed by atoms with Crippen LogP contribution in [0.4, 0.5) is 0 Å². The second kappa shape index (κ2) is 8.08. The van der Waals surface area contributed by atoms with E-state index in [2.05, 4.69) is 52.5 Å². The number of thiol groups is 1. The van der Waals surface area contributed by atoms with Crippen molar-refractivity contribution < 1.29 is 0 Å². The maximum Gasteiger partial charge on any atom is 0.0148 e. The molecule has 2 aliphatic rings. The molecule has 8 atom stereocenters. The van der Waals surface area contributed by atoms with Crippen molar-refractivity contribution in [2.45, 2.75) is 65.0 Å². The van der Waals surface area contributed by atoms with Crippen LogP contribution in [0.25, 0.3) is 0 Å². The van der Waals surface area contributed by atoms with E-state index in [1.807, 2.05) is 0 Å². The first-order valence-electron chi connectivity index (χ1n) is 9.54. The third-order valence-electron chi connectivity index (χ3n) is 6.75. The van der Waals surface area contributed by atoms with E-state index in [1.165, 1.54) is 32.1 Å². The lowest BCUT2D eigenvalue weighted by Crippen LogP contribution is -2.46. The number of hydrogen-bond acceptors (Lipinski definition) is 1. The molecule has 8 unspecified atom stereocenters. The summed E-state index contributed by atoms with van der Waals surface area (Å²) in [5.41, 5.74) is 0. The van der Waals surface area contributed by atoms with Gasteiger partial charge in [0.1, 0.15) is 0 Å². The summed E-state index contributed by atoms with van der Waals surface area (Å²) in [5.74, 6) is 5.59. The Hall–Kier alpha value is -0.170. The summed E-state index contributed by atoms with van der Waals surface area (Å²) in [7, 11) is 0. The molecule has 0 heterocycles. The van der Waals surface area contributed by atoms with E-state index in [-0.39, 0.29) is 0 Å². The zero-order chi connectivity index (χ0) is 16.3. The average Bonchev–Trinajstić information content (AvgIpc) is 2.89. The lowest BCUT2D eigenvalue weighted by molar-refractivity contribution is -0.0315. The molecule has 2 aliphatic carbocycles. The topological polar surface area (TPSA) is 0 Å². The molecule has 0 saturated heterocycles. The monoisotopic (exact) mass is 320 g/mol. The highest BCUT2D eigenvalue weighted by molar-refractivity contribution is 7.81. The molecule has 1 heteroatoms. The Morgan fingerprint density at radius 2 is 1.91 bits per heavy atom. The molecule has 0 bridgehead atoms. The van der Waals surface area contributed by atoms with Crippen molar-refractivity contribution >= 4 is 12.6 Å². The Morgan fingerprint density at radius 1 is 1.18 bits per heavy atom. The second-order valence-corrected chi connectivity index (χ2v) is 8.44. The third-order valence-corrected chi connectivity index (χ3v) is 7.48. The van der Waals surface area contributed by atoms with E-state index >= 15 is 0 Å². The molecule has 0 radical (unpaired) electrons. The van der Waals surface area contributed by atoms with Crippen molar-refractivity contribution in [2.24, 2.45) is 41.4 Å². The van der Waals surface area contributed by atoms with E-state index in [0.717, 1.165) is 23.7 Å². The summed E-state index contributed by atoms with van der Waals surface area (Å²) in [4.78, 5) is 0. The maximum atomic E-state index is 4.97. The molecule has 2 rings (SSSR count). The molecule has 126 valence electrons. The van der Waals surface area contributed by atoms with Gasteiger partial charge in [-0.05, 0) is 54.3 Å². The summed E-state index contributed by atoms with van der Waals surface area (Å²) in [6.45, 7) is 13.5. The average molecular weight is 321 g/mol. The van der Waals surface area contributed by atoms with E-state index in [0.29, 0.717) is 23.0 Å². The number of hydrogen-bond donors (Lipinski definition) is 1. The third kappa shape index (κ3) is 3.50. The van der Waals surface area contributed by atoms with Crippen LogP contribution < -0.4 is 0 Å². The van der Waals surface area contributed by atoms with E-state index in [9.17, 15) is 0 Å². The minimum Gasteiger partial charge on any atom is -0.175 e. The summed E-state index contributed by atoms with van der Waals surface area (Å²) < 4.78 is 0. The molecule has 0 aromatic heterocycles. The molecule has 0 aliphatic heterocycles. The largest absolute Gasteiger partial charge is 0.175 e. The fourth-order valence-corrected chi connectivity index (χ4v) is 5.73. The van der Waals surface area contributed by atoms with Gasteiger partial charge in [0.15, 0.2) is 0 Å². The van der Waals surface area contributed by atoms with E-state index in [4.69, 9.17) is 12.6 Å². The first kappa shape index (κ1) is 18.2. The van der Waals surface area contributed by atoms with Crippen molar-refractivity contribution in [2.75, 3.05) is 0 Å². The Kier molecular flexibility index (Phi) is 6.68. The van der Waals surface area contributed by atoms with Gasteiger partial charge in [-0.1, -0.05) is 65.2 Å². The lowest BCUT2D eigenvalue weighted by atomic mass is 9.53. The Morgan fingerprint density at radius 3 is 2.50 bits per heavy atom. The molecule has 0 aromatic carbocycles. The SMILES string of the molecule is C=CC(C)C1C=CC(CC2C(C)C(CCCC)C2CC)C1S. The minimum atomic E-state index is 0.493. The maximum absolute atomic E-state index is 4.97. The zero-order valence-corrected chi connectivity index (χ0v) is 15.9. The number of rotatable bonds is 8. The van der Waals surface area contributed by atoms with Crippen molar-refractivity contribution in [1.82, 2.24) is 0 Å². The highest BCUT2D eigenvalue weighted by Gasteiger charge is 2.47. The molecule has 0 aromatic rings. The molecular weight excluding hydrogens is 284 g/mol. The smallest absolute Gasteiger partial charge is 0.0148 e. The van der Waals surface area contributed by atoms with Crippen molar-refractivity contribution in [1.29, 1.82) is 0 Å². The molecule has 0 N–H and O–H groups in total. The first-order chi connectivity index (χ1) is 10.5. The van der Waals surface area contributed by atoms with Crippen LogP contribution in [0.2, 0.25) is 0 Å². The molecule has 1 fully saturated rings. The standard InChI is InChI=1S/C21H36S/c1-6-9-10-19-15(5)20(17(19)8-3)13-16-11-12-18(21(16)22)14(4)7-2/h7,11-12,14-22H,2,6,8-10,13H2,1,3-5H3. The van der Waals surface area contributed by atoms with Crippen LogP contribution >= 0.6 is 12.6 Å². The Balaban J connectivity index is 1.91. The van der Waals surface area contributed by atoms with Gasteiger partial charge in [-0.25, -0.2) is 0 Å². The van der Waals surface area contributed by atoms with Crippen LogP contribution in [0.5, 0.6) is 0 Å². The van der Waals surface area contributed by atoms with Crippen LogP contribution in [0.3, 0.4) is 0 Å². The lowest BCUT2D eigenvalue weighted by Gasteiger charge is -2.52. The Bertz CT molecular complexity index is 385. The quantitative estimate of drug-likeness (QED) is 0.388. The highest BCUT2D eigenvalue weighted by atomic mass is 32.1. The predicted molar refractivity (Wildman–Crippen MR) is 102 cm³/mol. The summed E-state index contributed by atoms with van der Waals surface area (Å²) in [6, 6.07) is 0. The van der Waals surface area contributed by atoms with Crippen LogP contribution in [0.1, 0.15) is 59.8 Å². The van der Waals surface area contributed by atoms with Gasteiger partial charge in [0, 0.05) is 5.25 Å². The predicted octanol–water partition coefficient (Wildman–Crippen LogP) is 6.40. The summed E-state index contributed by atoms with van der Waals surface area (Å²) in [6.07, 6.45) is 13.9. The van der Waals surface area contributed by atoms with Gasteiger partial charge in [0.2, 0.25) is 0 Å². The van der Waals surface area contributed by atoms with Crippen molar-refractivity contribution in [3.8, 4) is 0 Å². The van der Waals surface area contributed by atoms with E-state index in [1.54, 1.807) is 0 Å². The molecule has 0 spiro atoms. The molecule has 1 saturated carbocycles. The molecular formula is C21H36S. The van der Waals surface area contributed by atoms with Crippen molar-refractivity contribution in [3.63, 3.8) is 0 Å². The molecule has 0 amide bonds. The highest BCUT2D eigenvalue weighted by Crippen LogP contribution is 2.54.